The number of halogens is 3. The van der Waals surface area contributed by atoms with Gasteiger partial charge in [0.25, 0.3) is 11.8 Å². The first-order valence-electron chi connectivity index (χ1n) is 15.0. The zero-order valence-electron chi connectivity index (χ0n) is 28.1. The number of carbonyl (C=O) groups excluding carboxylic acids is 3. The van der Waals surface area contributed by atoms with Crippen LogP contribution in [0.3, 0.4) is 0 Å². The standard InChI is InChI=1S/C30H41N5O6.C2HF3O2/c1-9-20(10-2)32-26(37)24-16-31-27(40-24)19-13-11-12-18(14-19)21-15-22(35-34-21)25(36)33-23(17-39-29(3,4)5)28(38)41-30(6,7)8;3-2(4,5)1(6)7/h11-16,20,23H,9-10,17H2,1-8H3,(H,32,37)(H,33,36)(H,34,35);(H,6,7)/t23-;/m0./s1. The topological polar surface area (TPSA) is 186 Å². The number of amides is 2. The van der Waals surface area contributed by atoms with Gasteiger partial charge in [-0.25, -0.2) is 14.6 Å². The Kier molecular flexibility index (Phi) is 13.5. The number of nitrogens with one attached hydrogen (secondary N) is 3. The molecule has 2 aromatic heterocycles. The number of rotatable bonds is 11. The highest BCUT2D eigenvalue weighted by Gasteiger charge is 2.38. The number of carbonyl (C=O) groups is 4. The molecule has 0 bridgehead atoms. The van der Waals surface area contributed by atoms with E-state index in [1.807, 2.05) is 58.9 Å². The number of H-pyrrole nitrogens is 1. The van der Waals surface area contributed by atoms with Crippen LogP contribution in [0, 0.1) is 0 Å². The normalized spacial score (nSPS) is 12.5. The molecule has 0 saturated heterocycles. The second-order valence-corrected chi connectivity index (χ2v) is 12.6. The molecule has 0 unspecified atom stereocenters. The third-order valence-corrected chi connectivity index (χ3v) is 6.20. The summed E-state index contributed by atoms with van der Waals surface area (Å²) >= 11 is 0. The predicted molar refractivity (Wildman–Crippen MR) is 168 cm³/mol. The van der Waals surface area contributed by atoms with Crippen molar-refractivity contribution >= 4 is 23.8 Å². The molecule has 0 spiro atoms. The van der Waals surface area contributed by atoms with Gasteiger partial charge in [-0.15, -0.1) is 0 Å². The SMILES string of the molecule is CCC(CC)NC(=O)c1cnc(-c2cccc(-c3cc(C(=O)N[C@@H](COC(C)(C)C)C(=O)OC(C)(C)C)n[nH]3)c2)o1.O=C(O)C(F)(F)F. The lowest BCUT2D eigenvalue weighted by Gasteiger charge is -2.27. The van der Waals surface area contributed by atoms with E-state index in [1.54, 1.807) is 26.8 Å². The van der Waals surface area contributed by atoms with E-state index in [0.29, 0.717) is 11.3 Å². The predicted octanol–water partition coefficient (Wildman–Crippen LogP) is 5.54. The molecule has 16 heteroatoms. The van der Waals surface area contributed by atoms with Crippen LogP contribution >= 0.6 is 0 Å². The third-order valence-electron chi connectivity index (χ3n) is 6.20. The minimum atomic E-state index is -5.08. The lowest BCUT2D eigenvalue weighted by Crippen LogP contribution is -2.48. The van der Waals surface area contributed by atoms with Crippen molar-refractivity contribution in [1.82, 2.24) is 25.8 Å². The molecule has 0 fully saturated rings. The highest BCUT2D eigenvalue weighted by molar-refractivity contribution is 5.96. The molecule has 0 aliphatic rings. The second kappa shape index (κ2) is 16.4. The van der Waals surface area contributed by atoms with Gasteiger partial charge in [0.05, 0.1) is 24.1 Å². The maximum absolute atomic E-state index is 13.0. The van der Waals surface area contributed by atoms with Crippen LogP contribution in [-0.4, -0.2) is 80.1 Å². The van der Waals surface area contributed by atoms with Crippen molar-refractivity contribution in [3.05, 3.63) is 48.0 Å². The van der Waals surface area contributed by atoms with Gasteiger partial charge in [0, 0.05) is 17.2 Å². The Morgan fingerprint density at radius 1 is 0.938 bits per heavy atom. The number of oxazole rings is 1. The van der Waals surface area contributed by atoms with E-state index in [-0.39, 0.29) is 35.9 Å². The van der Waals surface area contributed by atoms with Crippen molar-refractivity contribution in [1.29, 1.82) is 0 Å². The molecule has 2 amide bonds. The molecule has 4 N–H and O–H groups in total. The van der Waals surface area contributed by atoms with Gasteiger partial charge in [-0.2, -0.15) is 18.3 Å². The van der Waals surface area contributed by atoms with Gasteiger partial charge >= 0.3 is 18.1 Å². The number of carboxylic acids is 1. The summed E-state index contributed by atoms with van der Waals surface area (Å²) in [6.07, 6.45) is -2.04. The van der Waals surface area contributed by atoms with Crippen LogP contribution in [-0.2, 0) is 19.1 Å². The van der Waals surface area contributed by atoms with E-state index >= 15 is 0 Å². The van der Waals surface area contributed by atoms with Crippen molar-refractivity contribution in [3.63, 3.8) is 0 Å². The lowest BCUT2D eigenvalue weighted by atomic mass is 10.1. The van der Waals surface area contributed by atoms with E-state index in [4.69, 9.17) is 23.8 Å². The molecular weight excluding hydrogens is 639 g/mol. The minimum Gasteiger partial charge on any atom is -0.475 e. The summed E-state index contributed by atoms with van der Waals surface area (Å²) in [7, 11) is 0. The number of benzene rings is 1. The number of alkyl halides is 3. The van der Waals surface area contributed by atoms with Crippen molar-refractivity contribution < 1.29 is 51.3 Å². The molecule has 0 aliphatic carbocycles. The van der Waals surface area contributed by atoms with Crippen molar-refractivity contribution in [3.8, 4) is 22.7 Å². The molecule has 1 atom stereocenters. The van der Waals surface area contributed by atoms with Crippen LogP contribution < -0.4 is 10.6 Å². The van der Waals surface area contributed by atoms with Gasteiger partial charge in [0.1, 0.15) is 5.60 Å². The summed E-state index contributed by atoms with van der Waals surface area (Å²) in [4.78, 5) is 51.5. The first-order chi connectivity index (χ1) is 22.1. The van der Waals surface area contributed by atoms with Crippen LogP contribution in [0.2, 0.25) is 0 Å². The number of hydrogen-bond acceptors (Lipinski definition) is 9. The largest absolute Gasteiger partial charge is 0.490 e. The Morgan fingerprint density at radius 2 is 1.54 bits per heavy atom. The minimum absolute atomic E-state index is 0.0584. The Morgan fingerprint density at radius 3 is 2.08 bits per heavy atom. The number of ether oxygens (including phenoxy) is 2. The number of carboxylic acid groups (broad SMARTS) is 1. The van der Waals surface area contributed by atoms with Crippen LogP contribution in [0.4, 0.5) is 13.2 Å². The molecule has 264 valence electrons. The smallest absolute Gasteiger partial charge is 0.475 e. The molecule has 13 nitrogen and oxygen atoms in total. The summed E-state index contributed by atoms with van der Waals surface area (Å²) in [5.74, 6) is -3.80. The summed E-state index contributed by atoms with van der Waals surface area (Å²) in [5.41, 5.74) is 0.772. The van der Waals surface area contributed by atoms with E-state index in [9.17, 15) is 27.6 Å². The molecule has 0 aliphatic heterocycles. The Hall–Kier alpha value is -4.73. The fourth-order valence-electron chi connectivity index (χ4n) is 3.77. The average Bonchev–Trinajstić information content (AvgIpc) is 3.67. The van der Waals surface area contributed by atoms with Crippen LogP contribution in [0.15, 0.2) is 40.9 Å². The molecule has 0 saturated carbocycles. The van der Waals surface area contributed by atoms with E-state index < -0.39 is 41.3 Å². The van der Waals surface area contributed by atoms with Gasteiger partial charge in [-0.3, -0.25) is 14.7 Å². The number of esters is 1. The summed E-state index contributed by atoms with van der Waals surface area (Å²) in [6, 6.07) is 7.88. The molecule has 0 radical (unpaired) electrons. The highest BCUT2D eigenvalue weighted by atomic mass is 19.4. The van der Waals surface area contributed by atoms with Crippen LogP contribution in [0.1, 0.15) is 89.3 Å². The Balaban J connectivity index is 0.00000103. The van der Waals surface area contributed by atoms with Crippen LogP contribution in [0.5, 0.6) is 0 Å². The van der Waals surface area contributed by atoms with Crippen molar-refractivity contribution in [2.75, 3.05) is 6.61 Å². The van der Waals surface area contributed by atoms with Crippen LogP contribution in [0.25, 0.3) is 22.7 Å². The number of aromatic amines is 1. The second-order valence-electron chi connectivity index (χ2n) is 12.6. The number of nitrogens with zero attached hydrogens (tertiary/aromatic N) is 2. The van der Waals surface area contributed by atoms with Gasteiger partial charge < -0.3 is 29.6 Å². The maximum Gasteiger partial charge on any atom is 0.490 e. The Labute approximate surface area is 276 Å². The lowest BCUT2D eigenvalue weighted by molar-refractivity contribution is -0.192. The van der Waals surface area contributed by atoms with Crippen molar-refractivity contribution in [2.45, 2.75) is 97.7 Å². The molecule has 3 rings (SSSR count). The first-order valence-corrected chi connectivity index (χ1v) is 15.0. The molecular formula is C32H42F3N5O8. The zero-order valence-corrected chi connectivity index (χ0v) is 28.1. The molecule has 3 aromatic rings. The molecule has 1 aromatic carbocycles. The van der Waals surface area contributed by atoms with E-state index in [1.165, 1.54) is 6.20 Å². The number of aliphatic carboxylic acids is 1. The van der Waals surface area contributed by atoms with Gasteiger partial charge in [0.15, 0.2) is 11.7 Å². The quantitative estimate of drug-likeness (QED) is 0.187. The summed E-state index contributed by atoms with van der Waals surface area (Å²) < 4.78 is 48.7. The highest BCUT2D eigenvalue weighted by Crippen LogP contribution is 2.26. The fourth-order valence-corrected chi connectivity index (χ4v) is 3.77. The molecule has 48 heavy (non-hydrogen) atoms. The van der Waals surface area contributed by atoms with Crippen molar-refractivity contribution in [2.24, 2.45) is 0 Å². The third kappa shape index (κ3) is 12.8. The van der Waals surface area contributed by atoms with Gasteiger partial charge in [-0.1, -0.05) is 26.0 Å². The Bertz CT molecular complexity index is 1550. The average molecular weight is 682 g/mol. The monoisotopic (exact) mass is 681 g/mol. The first kappa shape index (κ1) is 39.4. The van der Waals surface area contributed by atoms with Gasteiger partial charge in [0.2, 0.25) is 11.7 Å². The van der Waals surface area contributed by atoms with Gasteiger partial charge in [-0.05, 0) is 72.6 Å². The van der Waals surface area contributed by atoms with E-state index in [0.717, 1.165) is 18.4 Å². The number of aromatic nitrogens is 3. The zero-order chi connectivity index (χ0) is 36.4. The fraction of sp³-hybridized carbons (Fsp3) is 0.500. The summed E-state index contributed by atoms with van der Waals surface area (Å²) in [6.45, 7) is 14.8. The molecule has 2 heterocycles. The summed E-state index contributed by atoms with van der Waals surface area (Å²) in [5, 5.41) is 19.7. The van der Waals surface area contributed by atoms with E-state index in [2.05, 4.69) is 25.8 Å². The number of hydrogen-bond donors (Lipinski definition) is 4. The maximum atomic E-state index is 13.0.